The third kappa shape index (κ3) is 2.85. The van der Waals surface area contributed by atoms with Crippen LogP contribution in [0.2, 0.25) is 0 Å². The zero-order valence-corrected chi connectivity index (χ0v) is 11.3. The first kappa shape index (κ1) is 13.5. The minimum absolute atomic E-state index is 0.0787. The number of hydrogen-bond donors (Lipinski definition) is 1. The summed E-state index contributed by atoms with van der Waals surface area (Å²) in [7, 11) is 0. The summed E-state index contributed by atoms with van der Waals surface area (Å²) in [5, 5.41) is 10.3. The lowest BCUT2D eigenvalue weighted by molar-refractivity contribution is 0.250. The van der Waals surface area contributed by atoms with Crippen LogP contribution in [0, 0.1) is 5.82 Å². The third-order valence-corrected chi connectivity index (χ3v) is 3.24. The van der Waals surface area contributed by atoms with Crippen molar-refractivity contribution in [3.63, 3.8) is 0 Å². The van der Waals surface area contributed by atoms with Gasteiger partial charge >= 0.3 is 0 Å². The predicted octanol–water partition coefficient (Wildman–Crippen LogP) is 3.45. The summed E-state index contributed by atoms with van der Waals surface area (Å²) in [6.45, 7) is -0.114. The van der Waals surface area contributed by atoms with Gasteiger partial charge in [0.2, 0.25) is 0 Å². The standard InChI is InChI=1S/C17H14FNO2/c18-15-6-3-5-13(10-20)17(15)21-11-14-9-8-12-4-1-2-7-16(12)19-14/h1-9,20H,10-11H2. The van der Waals surface area contributed by atoms with Gasteiger partial charge in [-0.1, -0.05) is 36.4 Å². The Labute approximate surface area is 121 Å². The lowest BCUT2D eigenvalue weighted by Gasteiger charge is -2.11. The molecule has 0 aliphatic heterocycles. The number of halogens is 1. The fraction of sp³-hybridized carbons (Fsp3) is 0.118. The topological polar surface area (TPSA) is 42.4 Å². The van der Waals surface area contributed by atoms with E-state index in [2.05, 4.69) is 4.98 Å². The van der Waals surface area contributed by atoms with Crippen molar-refractivity contribution in [1.82, 2.24) is 4.98 Å². The third-order valence-electron chi connectivity index (χ3n) is 3.24. The molecular weight excluding hydrogens is 269 g/mol. The molecular formula is C17H14FNO2. The highest BCUT2D eigenvalue weighted by atomic mass is 19.1. The van der Waals surface area contributed by atoms with Gasteiger partial charge in [-0.15, -0.1) is 0 Å². The highest BCUT2D eigenvalue weighted by Crippen LogP contribution is 2.23. The van der Waals surface area contributed by atoms with Crippen LogP contribution in [0.25, 0.3) is 10.9 Å². The van der Waals surface area contributed by atoms with Gasteiger partial charge in [-0.3, -0.25) is 0 Å². The van der Waals surface area contributed by atoms with Crippen LogP contribution in [-0.2, 0) is 13.2 Å². The second kappa shape index (κ2) is 5.89. The molecule has 1 N–H and O–H groups in total. The second-order valence-electron chi connectivity index (χ2n) is 4.67. The molecule has 0 fully saturated rings. The van der Waals surface area contributed by atoms with Crippen LogP contribution in [0.5, 0.6) is 5.75 Å². The second-order valence-corrected chi connectivity index (χ2v) is 4.67. The number of ether oxygens (including phenoxy) is 1. The van der Waals surface area contributed by atoms with Crippen molar-refractivity contribution in [2.45, 2.75) is 13.2 Å². The Bertz CT molecular complexity index is 774. The summed E-state index contributed by atoms with van der Waals surface area (Å²) < 4.78 is 19.2. The average Bonchev–Trinajstić information content (AvgIpc) is 2.53. The zero-order chi connectivity index (χ0) is 14.7. The number of rotatable bonds is 4. The molecule has 4 heteroatoms. The summed E-state index contributed by atoms with van der Waals surface area (Å²) in [6.07, 6.45) is 0. The Morgan fingerprint density at radius 1 is 1.00 bits per heavy atom. The van der Waals surface area contributed by atoms with E-state index in [1.807, 2.05) is 36.4 Å². The molecule has 0 aliphatic rings. The van der Waals surface area contributed by atoms with E-state index in [1.165, 1.54) is 6.07 Å². The maximum Gasteiger partial charge on any atom is 0.165 e. The first-order chi connectivity index (χ1) is 10.3. The summed E-state index contributed by atoms with van der Waals surface area (Å²) in [6, 6.07) is 16.1. The smallest absolute Gasteiger partial charge is 0.165 e. The lowest BCUT2D eigenvalue weighted by atomic mass is 10.2. The van der Waals surface area contributed by atoms with Crippen LogP contribution in [0.1, 0.15) is 11.3 Å². The van der Waals surface area contributed by atoms with Crippen LogP contribution in [0.4, 0.5) is 4.39 Å². The molecule has 0 spiro atoms. The van der Waals surface area contributed by atoms with E-state index in [0.717, 1.165) is 10.9 Å². The Morgan fingerprint density at radius 2 is 1.86 bits per heavy atom. The Morgan fingerprint density at radius 3 is 2.71 bits per heavy atom. The average molecular weight is 283 g/mol. The number of hydrogen-bond acceptors (Lipinski definition) is 3. The number of pyridine rings is 1. The molecule has 3 rings (SSSR count). The zero-order valence-electron chi connectivity index (χ0n) is 11.3. The number of benzene rings is 2. The van der Waals surface area contributed by atoms with Gasteiger partial charge in [0, 0.05) is 10.9 Å². The van der Waals surface area contributed by atoms with Crippen molar-refractivity contribution in [3.05, 3.63) is 71.7 Å². The highest BCUT2D eigenvalue weighted by molar-refractivity contribution is 5.78. The molecule has 0 saturated carbocycles. The fourth-order valence-electron chi connectivity index (χ4n) is 2.17. The molecule has 1 aromatic heterocycles. The SMILES string of the molecule is OCc1cccc(F)c1OCc1ccc2ccccc2n1. The van der Waals surface area contributed by atoms with Crippen molar-refractivity contribution in [1.29, 1.82) is 0 Å². The van der Waals surface area contributed by atoms with Gasteiger partial charge in [0.15, 0.2) is 11.6 Å². The lowest BCUT2D eigenvalue weighted by Crippen LogP contribution is -2.02. The molecule has 0 radical (unpaired) electrons. The van der Waals surface area contributed by atoms with Gasteiger partial charge in [-0.05, 0) is 18.2 Å². The van der Waals surface area contributed by atoms with Gasteiger partial charge in [-0.2, -0.15) is 0 Å². The Kier molecular flexibility index (Phi) is 3.79. The van der Waals surface area contributed by atoms with E-state index in [9.17, 15) is 9.50 Å². The summed E-state index contributed by atoms with van der Waals surface area (Å²) in [5.74, 6) is -0.405. The first-order valence-electron chi connectivity index (χ1n) is 6.63. The molecule has 106 valence electrons. The van der Waals surface area contributed by atoms with Gasteiger partial charge < -0.3 is 9.84 Å². The van der Waals surface area contributed by atoms with Gasteiger partial charge in [0.25, 0.3) is 0 Å². The molecule has 0 unspecified atom stereocenters. The molecule has 3 nitrogen and oxygen atoms in total. The van der Waals surface area contributed by atoms with Crippen LogP contribution in [-0.4, -0.2) is 10.1 Å². The number of aliphatic hydroxyl groups excluding tert-OH is 1. The maximum absolute atomic E-state index is 13.7. The number of para-hydroxylation sites is 2. The molecule has 0 saturated heterocycles. The van der Waals surface area contributed by atoms with E-state index < -0.39 is 5.82 Å². The van der Waals surface area contributed by atoms with E-state index in [4.69, 9.17) is 4.74 Å². The monoisotopic (exact) mass is 283 g/mol. The number of aromatic nitrogens is 1. The Hall–Kier alpha value is -2.46. The minimum Gasteiger partial charge on any atom is -0.484 e. The van der Waals surface area contributed by atoms with E-state index >= 15 is 0 Å². The molecule has 0 aliphatic carbocycles. The summed E-state index contributed by atoms with van der Waals surface area (Å²) in [4.78, 5) is 4.47. The molecule has 0 bridgehead atoms. The van der Waals surface area contributed by atoms with Crippen LogP contribution < -0.4 is 4.74 Å². The Balaban J connectivity index is 1.83. The van der Waals surface area contributed by atoms with E-state index in [1.54, 1.807) is 12.1 Å². The van der Waals surface area contributed by atoms with Crippen LogP contribution in [0.3, 0.4) is 0 Å². The van der Waals surface area contributed by atoms with Gasteiger partial charge in [-0.25, -0.2) is 9.37 Å². The van der Waals surface area contributed by atoms with Crippen molar-refractivity contribution in [3.8, 4) is 5.75 Å². The van der Waals surface area contributed by atoms with Crippen molar-refractivity contribution < 1.29 is 14.2 Å². The van der Waals surface area contributed by atoms with Gasteiger partial charge in [0.1, 0.15) is 6.61 Å². The molecule has 0 atom stereocenters. The van der Waals surface area contributed by atoms with Gasteiger partial charge in [0.05, 0.1) is 17.8 Å². The largest absolute Gasteiger partial charge is 0.484 e. The minimum atomic E-state index is -0.484. The van der Waals surface area contributed by atoms with Crippen LogP contribution >= 0.6 is 0 Å². The normalized spacial score (nSPS) is 10.8. The first-order valence-corrected chi connectivity index (χ1v) is 6.63. The molecule has 21 heavy (non-hydrogen) atoms. The summed E-state index contributed by atoms with van der Waals surface area (Å²) in [5.41, 5.74) is 2.01. The van der Waals surface area contributed by atoms with Crippen molar-refractivity contribution in [2.75, 3.05) is 0 Å². The maximum atomic E-state index is 13.7. The molecule has 2 aromatic carbocycles. The number of fused-ring (bicyclic) bond motifs is 1. The highest BCUT2D eigenvalue weighted by Gasteiger charge is 2.09. The molecule has 3 aromatic rings. The predicted molar refractivity (Wildman–Crippen MR) is 78.4 cm³/mol. The van der Waals surface area contributed by atoms with Crippen LogP contribution in [0.15, 0.2) is 54.6 Å². The number of aliphatic hydroxyl groups is 1. The van der Waals surface area contributed by atoms with Crippen molar-refractivity contribution >= 4 is 10.9 Å². The quantitative estimate of drug-likeness (QED) is 0.797. The molecule has 1 heterocycles. The fourth-order valence-corrected chi connectivity index (χ4v) is 2.17. The molecule has 0 amide bonds. The number of nitrogens with zero attached hydrogens (tertiary/aromatic N) is 1. The van der Waals surface area contributed by atoms with Crippen molar-refractivity contribution in [2.24, 2.45) is 0 Å². The van der Waals surface area contributed by atoms with E-state index in [-0.39, 0.29) is 19.0 Å². The summed E-state index contributed by atoms with van der Waals surface area (Å²) >= 11 is 0. The van der Waals surface area contributed by atoms with E-state index in [0.29, 0.717) is 11.3 Å².